The summed E-state index contributed by atoms with van der Waals surface area (Å²) in [5.74, 6) is -2.56. The minimum Gasteiger partial charge on any atom is -0.319 e. The summed E-state index contributed by atoms with van der Waals surface area (Å²) in [6, 6.07) is 6.92. The minimum absolute atomic E-state index is 0.144. The van der Waals surface area contributed by atoms with Crippen LogP contribution < -0.4 is 5.32 Å². The molecule has 0 aliphatic heterocycles. The van der Waals surface area contributed by atoms with E-state index in [4.69, 9.17) is 0 Å². The Balaban J connectivity index is 2.39. The lowest BCUT2D eigenvalue weighted by molar-refractivity contribution is 0.102. The van der Waals surface area contributed by atoms with Crippen LogP contribution in [0.3, 0.4) is 0 Å². The molecule has 0 heterocycles. The van der Waals surface area contributed by atoms with E-state index in [9.17, 15) is 22.0 Å². The van der Waals surface area contributed by atoms with Gasteiger partial charge in [-0.05, 0) is 36.4 Å². The molecule has 0 bridgehead atoms. The Bertz CT molecular complexity index is 932. The maximum atomic E-state index is 14.1. The molecule has 0 atom stereocenters. The normalized spacial score (nSPS) is 11.6. The first-order valence-electron chi connectivity index (χ1n) is 7.76. The van der Waals surface area contributed by atoms with Gasteiger partial charge in [-0.3, -0.25) is 4.79 Å². The molecule has 26 heavy (non-hydrogen) atoms. The first-order chi connectivity index (χ1) is 12.2. The highest BCUT2D eigenvalue weighted by Crippen LogP contribution is 2.23. The lowest BCUT2D eigenvalue weighted by Gasteiger charge is -2.19. The number of benzene rings is 2. The predicted molar refractivity (Wildman–Crippen MR) is 98.6 cm³/mol. The minimum atomic E-state index is -3.85. The van der Waals surface area contributed by atoms with Crippen LogP contribution in [0.15, 0.2) is 45.8 Å². The molecule has 0 saturated heterocycles. The van der Waals surface area contributed by atoms with Crippen molar-refractivity contribution in [3.8, 4) is 0 Å². The van der Waals surface area contributed by atoms with Gasteiger partial charge in [0.05, 0.1) is 16.1 Å². The Morgan fingerprint density at radius 3 is 2.31 bits per heavy atom. The molecule has 0 spiro atoms. The number of carbonyl (C=O) groups is 1. The maximum Gasteiger partial charge on any atom is 0.258 e. The van der Waals surface area contributed by atoms with Crippen molar-refractivity contribution >= 4 is 37.5 Å². The zero-order chi connectivity index (χ0) is 19.5. The molecule has 0 aromatic heterocycles. The van der Waals surface area contributed by atoms with E-state index in [0.29, 0.717) is 4.47 Å². The molecule has 1 N–H and O–H groups in total. The van der Waals surface area contributed by atoms with Gasteiger partial charge in [0.25, 0.3) is 5.91 Å². The van der Waals surface area contributed by atoms with E-state index < -0.39 is 33.1 Å². The van der Waals surface area contributed by atoms with Crippen LogP contribution in [-0.4, -0.2) is 31.7 Å². The third-order valence-electron chi connectivity index (χ3n) is 3.70. The fourth-order valence-electron chi connectivity index (χ4n) is 2.33. The number of nitrogens with zero attached hydrogens (tertiary/aromatic N) is 1. The van der Waals surface area contributed by atoms with Gasteiger partial charge in [-0.2, -0.15) is 4.31 Å². The molecule has 2 rings (SSSR count). The Labute approximate surface area is 159 Å². The SMILES string of the molecule is CCN(CC)S(=O)(=O)c1ccc(F)c(C(=O)Nc2ccc(Br)cc2F)c1. The standard InChI is InChI=1S/C17H17BrF2N2O3S/c1-3-22(4-2)26(24,25)12-6-7-14(19)13(10-12)17(23)21-16-8-5-11(18)9-15(16)20/h5-10H,3-4H2,1-2H3,(H,21,23). The van der Waals surface area contributed by atoms with Crippen LogP contribution in [0, 0.1) is 11.6 Å². The zero-order valence-electron chi connectivity index (χ0n) is 14.1. The zero-order valence-corrected chi connectivity index (χ0v) is 16.5. The number of halogens is 3. The van der Waals surface area contributed by atoms with Gasteiger partial charge in [0.15, 0.2) is 0 Å². The highest BCUT2D eigenvalue weighted by Gasteiger charge is 2.24. The number of sulfonamides is 1. The number of anilines is 1. The monoisotopic (exact) mass is 446 g/mol. The molecular formula is C17H17BrF2N2O3S. The first kappa shape index (κ1) is 20.5. The number of rotatable bonds is 6. The fraction of sp³-hybridized carbons (Fsp3) is 0.235. The van der Waals surface area contributed by atoms with E-state index >= 15 is 0 Å². The van der Waals surface area contributed by atoms with Crippen molar-refractivity contribution < 1.29 is 22.0 Å². The van der Waals surface area contributed by atoms with Crippen LogP contribution >= 0.6 is 15.9 Å². The van der Waals surface area contributed by atoms with Crippen molar-refractivity contribution in [2.24, 2.45) is 0 Å². The first-order valence-corrected chi connectivity index (χ1v) is 10.00. The Morgan fingerprint density at radius 2 is 1.73 bits per heavy atom. The molecule has 5 nitrogen and oxygen atoms in total. The average Bonchev–Trinajstić information content (AvgIpc) is 2.58. The number of carbonyl (C=O) groups excluding carboxylic acids is 1. The van der Waals surface area contributed by atoms with Crippen LogP contribution in [-0.2, 0) is 10.0 Å². The Hall–Kier alpha value is -1.84. The van der Waals surface area contributed by atoms with E-state index in [1.165, 1.54) is 16.4 Å². The summed E-state index contributed by atoms with van der Waals surface area (Å²) in [7, 11) is -3.85. The quantitative estimate of drug-likeness (QED) is 0.728. The summed E-state index contributed by atoms with van der Waals surface area (Å²) < 4.78 is 54.7. The van der Waals surface area contributed by atoms with E-state index in [0.717, 1.165) is 24.3 Å². The van der Waals surface area contributed by atoms with E-state index in [-0.39, 0.29) is 23.7 Å². The second kappa shape index (κ2) is 8.24. The predicted octanol–water partition coefficient (Wildman–Crippen LogP) is 4.01. The van der Waals surface area contributed by atoms with Crippen LogP contribution in [0.25, 0.3) is 0 Å². The van der Waals surface area contributed by atoms with E-state index in [2.05, 4.69) is 21.2 Å². The average molecular weight is 447 g/mol. The van der Waals surface area contributed by atoms with Gasteiger partial charge in [0.1, 0.15) is 11.6 Å². The van der Waals surface area contributed by atoms with Gasteiger partial charge < -0.3 is 5.32 Å². The fourth-order valence-corrected chi connectivity index (χ4v) is 4.15. The number of hydrogen-bond donors (Lipinski definition) is 1. The van der Waals surface area contributed by atoms with Gasteiger partial charge in [0.2, 0.25) is 10.0 Å². The summed E-state index contributed by atoms with van der Waals surface area (Å²) in [4.78, 5) is 12.1. The topological polar surface area (TPSA) is 66.5 Å². The van der Waals surface area contributed by atoms with Crippen molar-refractivity contribution in [2.75, 3.05) is 18.4 Å². The van der Waals surface area contributed by atoms with Crippen molar-refractivity contribution in [1.82, 2.24) is 4.31 Å². The Kier molecular flexibility index (Phi) is 6.48. The molecule has 0 fully saturated rings. The lowest BCUT2D eigenvalue weighted by atomic mass is 10.2. The Morgan fingerprint density at radius 1 is 1.08 bits per heavy atom. The molecular weight excluding hydrogens is 430 g/mol. The van der Waals surface area contributed by atoms with Crippen molar-refractivity contribution in [3.63, 3.8) is 0 Å². The number of hydrogen-bond acceptors (Lipinski definition) is 3. The van der Waals surface area contributed by atoms with Crippen molar-refractivity contribution in [2.45, 2.75) is 18.7 Å². The van der Waals surface area contributed by atoms with Gasteiger partial charge in [-0.1, -0.05) is 29.8 Å². The summed E-state index contributed by atoms with van der Waals surface area (Å²) in [5.41, 5.74) is -0.629. The summed E-state index contributed by atoms with van der Waals surface area (Å²) in [6.45, 7) is 3.83. The molecule has 2 aromatic rings. The summed E-state index contributed by atoms with van der Waals surface area (Å²) >= 11 is 3.09. The van der Waals surface area contributed by atoms with Gasteiger partial charge in [0, 0.05) is 17.6 Å². The second-order valence-electron chi connectivity index (χ2n) is 5.31. The van der Waals surface area contributed by atoms with Crippen molar-refractivity contribution in [1.29, 1.82) is 0 Å². The third kappa shape index (κ3) is 4.28. The molecule has 9 heteroatoms. The van der Waals surface area contributed by atoms with E-state index in [1.807, 2.05) is 0 Å². The van der Waals surface area contributed by atoms with Crippen LogP contribution in [0.2, 0.25) is 0 Å². The highest BCUT2D eigenvalue weighted by atomic mass is 79.9. The van der Waals surface area contributed by atoms with Gasteiger partial charge in [-0.25, -0.2) is 17.2 Å². The number of amides is 1. The van der Waals surface area contributed by atoms with Crippen LogP contribution in [0.4, 0.5) is 14.5 Å². The maximum absolute atomic E-state index is 14.1. The molecule has 1 amide bonds. The molecule has 0 aliphatic rings. The highest BCUT2D eigenvalue weighted by molar-refractivity contribution is 9.10. The number of nitrogens with one attached hydrogen (secondary N) is 1. The molecule has 2 aromatic carbocycles. The largest absolute Gasteiger partial charge is 0.319 e. The smallest absolute Gasteiger partial charge is 0.258 e. The summed E-state index contributed by atoms with van der Waals surface area (Å²) in [6.07, 6.45) is 0. The van der Waals surface area contributed by atoms with Crippen molar-refractivity contribution in [3.05, 3.63) is 58.1 Å². The molecule has 0 radical (unpaired) electrons. The lowest BCUT2D eigenvalue weighted by Crippen LogP contribution is -2.31. The van der Waals surface area contributed by atoms with Gasteiger partial charge >= 0.3 is 0 Å². The third-order valence-corrected chi connectivity index (χ3v) is 6.24. The second-order valence-corrected chi connectivity index (χ2v) is 8.16. The molecule has 0 aliphatic carbocycles. The van der Waals surface area contributed by atoms with E-state index in [1.54, 1.807) is 13.8 Å². The molecule has 0 unspecified atom stereocenters. The molecule has 140 valence electrons. The van der Waals surface area contributed by atoms with Crippen LogP contribution in [0.1, 0.15) is 24.2 Å². The van der Waals surface area contributed by atoms with Gasteiger partial charge in [-0.15, -0.1) is 0 Å². The summed E-state index contributed by atoms with van der Waals surface area (Å²) in [5, 5.41) is 2.25. The molecule has 0 saturated carbocycles. The van der Waals surface area contributed by atoms with Crippen LogP contribution in [0.5, 0.6) is 0 Å².